The maximum Gasteiger partial charge on any atom is 0.324 e. The Bertz CT molecular complexity index is 988. The number of ether oxygens (including phenoxy) is 1. The number of aromatic amines is 1. The van der Waals surface area contributed by atoms with Crippen LogP contribution < -0.4 is 9.64 Å². The van der Waals surface area contributed by atoms with Gasteiger partial charge in [0.05, 0.1) is 12.3 Å². The molecule has 1 saturated heterocycles. The quantitative estimate of drug-likeness (QED) is 0.579. The summed E-state index contributed by atoms with van der Waals surface area (Å²) >= 11 is 0. The van der Waals surface area contributed by atoms with Gasteiger partial charge < -0.3 is 14.2 Å². The van der Waals surface area contributed by atoms with Crippen LogP contribution in [0.15, 0.2) is 29.0 Å². The van der Waals surface area contributed by atoms with E-state index in [2.05, 4.69) is 58.3 Å². The molecule has 2 atom stereocenters. The molecule has 1 unspecified atom stereocenters. The Kier molecular flexibility index (Phi) is 5.46. The highest BCUT2D eigenvalue weighted by Gasteiger charge is 2.43. The van der Waals surface area contributed by atoms with Gasteiger partial charge in [-0.25, -0.2) is 9.90 Å². The number of rotatable bonds is 8. The summed E-state index contributed by atoms with van der Waals surface area (Å²) in [5, 5.41) is 10.9. The van der Waals surface area contributed by atoms with Gasteiger partial charge in [-0.2, -0.15) is 4.98 Å². The molecule has 1 aliphatic carbocycles. The standard InChI is InChI=1S/C23H32N6O2/c1-15(2)22-25-23(31-26-22)28-9-6-17(7-10-28)20-13-18(20)8-11-30-19-4-5-21(16(3)12-19)29-14-24-27-29/h4-5,12,14-15,17-18,20,27H,6-11,13H2,1-3H3/t18-,20?/m1/s1. The molecule has 0 amide bonds. The third-order valence-electron chi connectivity index (χ3n) is 6.86. The van der Waals surface area contributed by atoms with E-state index in [-0.39, 0.29) is 0 Å². The lowest BCUT2D eigenvalue weighted by Gasteiger charge is -2.30. The Hall–Kier alpha value is -2.77. The number of hydrogen-bond donors (Lipinski definition) is 1. The van der Waals surface area contributed by atoms with Crippen LogP contribution in [0.2, 0.25) is 0 Å². The van der Waals surface area contributed by atoms with Gasteiger partial charge in [0.2, 0.25) is 0 Å². The molecule has 166 valence electrons. The SMILES string of the molecule is Cc1cc(OCC[C@@H]2CC2C2CCN(c3nc(C(C)C)no3)CC2)ccc1-n1cn[nH]1. The molecule has 5 rings (SSSR count). The van der Waals surface area contributed by atoms with Crippen molar-refractivity contribution in [2.75, 3.05) is 24.6 Å². The number of anilines is 1. The first-order valence-corrected chi connectivity index (χ1v) is 11.5. The molecule has 1 N–H and O–H groups in total. The van der Waals surface area contributed by atoms with E-state index in [1.165, 1.54) is 24.8 Å². The zero-order valence-electron chi connectivity index (χ0n) is 18.6. The van der Waals surface area contributed by atoms with Crippen LogP contribution in [0.5, 0.6) is 5.75 Å². The molecule has 3 aromatic rings. The maximum atomic E-state index is 6.05. The number of aryl methyl sites for hydroxylation is 1. The van der Waals surface area contributed by atoms with Crippen molar-refractivity contribution >= 4 is 6.01 Å². The molecule has 2 fully saturated rings. The number of hydrogen-bond acceptors (Lipinski definition) is 6. The van der Waals surface area contributed by atoms with Crippen molar-refractivity contribution in [2.24, 2.45) is 17.8 Å². The van der Waals surface area contributed by atoms with Crippen LogP contribution in [0, 0.1) is 24.7 Å². The smallest absolute Gasteiger partial charge is 0.324 e. The van der Waals surface area contributed by atoms with Crippen LogP contribution in [-0.2, 0) is 0 Å². The summed E-state index contributed by atoms with van der Waals surface area (Å²) in [6, 6.07) is 6.91. The summed E-state index contributed by atoms with van der Waals surface area (Å²) < 4.78 is 13.4. The Labute approximate surface area is 182 Å². The first kappa shape index (κ1) is 20.2. The summed E-state index contributed by atoms with van der Waals surface area (Å²) in [5.41, 5.74) is 2.28. The van der Waals surface area contributed by atoms with E-state index in [0.717, 1.165) is 61.1 Å². The zero-order chi connectivity index (χ0) is 21.4. The summed E-state index contributed by atoms with van der Waals surface area (Å²) in [5.74, 6) is 4.55. The normalized spacial score (nSPS) is 21.7. The zero-order valence-corrected chi connectivity index (χ0v) is 18.6. The second-order valence-corrected chi connectivity index (χ2v) is 9.37. The fourth-order valence-electron chi connectivity index (χ4n) is 4.84. The monoisotopic (exact) mass is 424 g/mol. The lowest BCUT2D eigenvalue weighted by atomic mass is 9.90. The third kappa shape index (κ3) is 4.34. The molecule has 0 spiro atoms. The van der Waals surface area contributed by atoms with Crippen molar-refractivity contribution in [1.82, 2.24) is 25.1 Å². The number of H-pyrrole nitrogens is 1. The lowest BCUT2D eigenvalue weighted by Crippen LogP contribution is -2.34. The van der Waals surface area contributed by atoms with E-state index >= 15 is 0 Å². The van der Waals surface area contributed by atoms with Crippen molar-refractivity contribution in [1.29, 1.82) is 0 Å². The Morgan fingerprint density at radius 3 is 2.71 bits per heavy atom. The average molecular weight is 425 g/mol. The van der Waals surface area contributed by atoms with Gasteiger partial charge in [-0.05, 0) is 74.1 Å². The molecule has 0 bridgehead atoms. The highest BCUT2D eigenvalue weighted by Crippen LogP contribution is 2.50. The average Bonchev–Trinajstić information content (AvgIpc) is 3.31. The highest BCUT2D eigenvalue weighted by atomic mass is 16.5. The Morgan fingerprint density at radius 1 is 1.26 bits per heavy atom. The molecule has 0 radical (unpaired) electrons. The number of benzene rings is 1. The number of nitrogens with one attached hydrogen (secondary N) is 1. The first-order chi connectivity index (χ1) is 15.1. The van der Waals surface area contributed by atoms with E-state index in [1.807, 2.05) is 10.7 Å². The van der Waals surface area contributed by atoms with Crippen molar-refractivity contribution in [3.8, 4) is 11.4 Å². The first-order valence-electron chi connectivity index (χ1n) is 11.5. The van der Waals surface area contributed by atoms with E-state index in [9.17, 15) is 0 Å². The minimum atomic E-state index is 0.304. The van der Waals surface area contributed by atoms with Crippen LogP contribution in [0.3, 0.4) is 0 Å². The van der Waals surface area contributed by atoms with E-state index in [1.54, 1.807) is 6.33 Å². The minimum absolute atomic E-state index is 0.304. The van der Waals surface area contributed by atoms with Gasteiger partial charge in [-0.1, -0.05) is 19.0 Å². The van der Waals surface area contributed by atoms with Crippen molar-refractivity contribution in [2.45, 2.75) is 52.4 Å². The van der Waals surface area contributed by atoms with Crippen LogP contribution in [0.4, 0.5) is 6.01 Å². The molecule has 2 aromatic heterocycles. The van der Waals surface area contributed by atoms with Crippen molar-refractivity contribution in [3.05, 3.63) is 35.9 Å². The van der Waals surface area contributed by atoms with Gasteiger partial charge in [-0.15, -0.1) is 5.10 Å². The summed E-state index contributed by atoms with van der Waals surface area (Å²) in [7, 11) is 0. The number of nitrogens with zero attached hydrogens (tertiary/aromatic N) is 5. The van der Waals surface area contributed by atoms with Gasteiger partial charge >= 0.3 is 6.01 Å². The Morgan fingerprint density at radius 2 is 2.06 bits per heavy atom. The second kappa shape index (κ2) is 8.40. The van der Waals surface area contributed by atoms with E-state index in [0.29, 0.717) is 11.9 Å². The Balaban J connectivity index is 1.04. The minimum Gasteiger partial charge on any atom is -0.494 e. The van der Waals surface area contributed by atoms with Gasteiger partial charge in [0, 0.05) is 19.0 Å². The highest BCUT2D eigenvalue weighted by molar-refractivity contribution is 5.44. The molecule has 8 heteroatoms. The molecule has 3 heterocycles. The van der Waals surface area contributed by atoms with Crippen LogP contribution in [0.25, 0.3) is 5.69 Å². The summed E-state index contributed by atoms with van der Waals surface area (Å²) in [6.45, 7) is 9.11. The number of piperidine rings is 1. The van der Waals surface area contributed by atoms with Crippen LogP contribution in [-0.4, -0.2) is 44.8 Å². The van der Waals surface area contributed by atoms with Gasteiger partial charge in [0.15, 0.2) is 5.82 Å². The summed E-state index contributed by atoms with van der Waals surface area (Å²) in [4.78, 5) is 6.80. The largest absolute Gasteiger partial charge is 0.494 e. The fraction of sp³-hybridized carbons (Fsp3) is 0.609. The van der Waals surface area contributed by atoms with Crippen LogP contribution in [0.1, 0.15) is 56.8 Å². The third-order valence-corrected chi connectivity index (χ3v) is 6.86. The van der Waals surface area contributed by atoms with Crippen molar-refractivity contribution in [3.63, 3.8) is 0 Å². The van der Waals surface area contributed by atoms with Crippen molar-refractivity contribution < 1.29 is 9.26 Å². The van der Waals surface area contributed by atoms with E-state index < -0.39 is 0 Å². The predicted octanol–water partition coefficient (Wildman–Crippen LogP) is 4.34. The molecular weight excluding hydrogens is 392 g/mol. The van der Waals surface area contributed by atoms with E-state index in [4.69, 9.17) is 9.26 Å². The summed E-state index contributed by atoms with van der Waals surface area (Å²) in [6.07, 6.45) is 6.70. The molecule has 8 nitrogen and oxygen atoms in total. The van der Waals surface area contributed by atoms with Gasteiger partial charge in [0.25, 0.3) is 0 Å². The second-order valence-electron chi connectivity index (χ2n) is 9.37. The van der Waals surface area contributed by atoms with Gasteiger partial charge in [0.1, 0.15) is 12.1 Å². The predicted molar refractivity (Wildman–Crippen MR) is 118 cm³/mol. The molecule has 1 aliphatic heterocycles. The lowest BCUT2D eigenvalue weighted by molar-refractivity contribution is 0.282. The number of aromatic nitrogens is 5. The molecular formula is C23H32N6O2. The topological polar surface area (TPSA) is 85.0 Å². The fourth-order valence-corrected chi connectivity index (χ4v) is 4.84. The van der Waals surface area contributed by atoms with Gasteiger partial charge in [-0.3, -0.25) is 0 Å². The van der Waals surface area contributed by atoms with Crippen LogP contribution >= 0.6 is 0 Å². The molecule has 1 saturated carbocycles. The molecule has 31 heavy (non-hydrogen) atoms. The molecule has 2 aliphatic rings. The molecule has 1 aromatic carbocycles. The maximum absolute atomic E-state index is 6.05.